The highest BCUT2D eigenvalue weighted by Crippen LogP contribution is 2.29. The minimum absolute atomic E-state index is 0.237. The molecule has 0 saturated heterocycles. The fourth-order valence-corrected chi connectivity index (χ4v) is 2.36. The zero-order chi connectivity index (χ0) is 17.0. The summed E-state index contributed by atoms with van der Waals surface area (Å²) in [5.74, 6) is 0.459. The molecule has 23 heavy (non-hydrogen) atoms. The van der Waals surface area contributed by atoms with Gasteiger partial charge in [0.15, 0.2) is 0 Å². The van der Waals surface area contributed by atoms with E-state index in [0.29, 0.717) is 23.6 Å². The van der Waals surface area contributed by atoms with E-state index in [2.05, 4.69) is 10.6 Å². The zero-order valence-corrected chi connectivity index (χ0v) is 13.8. The fourth-order valence-electron chi connectivity index (χ4n) is 2.36. The molecule has 124 valence electrons. The molecular formula is C17H22N2O4. The largest absolute Gasteiger partial charge is 0.497 e. The lowest BCUT2D eigenvalue weighted by Gasteiger charge is -2.28. The maximum absolute atomic E-state index is 12.5. The van der Waals surface area contributed by atoms with E-state index in [1.807, 2.05) is 26.0 Å². The molecule has 1 atom stereocenters. The predicted molar refractivity (Wildman–Crippen MR) is 85.9 cm³/mol. The van der Waals surface area contributed by atoms with Crippen LogP contribution in [0.4, 0.5) is 4.79 Å². The molecule has 2 amide bonds. The SMILES string of the molecule is COc1cccc(C2NC(=O)NC(C)=C2C(=O)OCC(C)C)c1. The van der Waals surface area contributed by atoms with Crippen LogP contribution in [0, 0.1) is 5.92 Å². The van der Waals surface area contributed by atoms with Crippen LogP contribution in [0.2, 0.25) is 0 Å². The summed E-state index contributed by atoms with van der Waals surface area (Å²) in [6.07, 6.45) is 0. The van der Waals surface area contributed by atoms with Crippen molar-refractivity contribution in [2.24, 2.45) is 5.92 Å². The lowest BCUT2D eigenvalue weighted by Crippen LogP contribution is -2.45. The molecule has 2 rings (SSSR count). The number of carbonyl (C=O) groups excluding carboxylic acids is 2. The molecule has 2 N–H and O–H groups in total. The van der Waals surface area contributed by atoms with Gasteiger partial charge in [0.25, 0.3) is 0 Å². The summed E-state index contributed by atoms with van der Waals surface area (Å²) in [4.78, 5) is 24.3. The number of carbonyl (C=O) groups is 2. The van der Waals surface area contributed by atoms with Crippen molar-refractivity contribution in [3.05, 3.63) is 41.1 Å². The van der Waals surface area contributed by atoms with E-state index in [1.165, 1.54) is 0 Å². The highest BCUT2D eigenvalue weighted by atomic mass is 16.5. The summed E-state index contributed by atoms with van der Waals surface area (Å²) in [6.45, 7) is 5.95. The summed E-state index contributed by atoms with van der Waals surface area (Å²) >= 11 is 0. The molecular weight excluding hydrogens is 296 g/mol. The first-order chi connectivity index (χ1) is 10.9. The van der Waals surface area contributed by atoms with Crippen LogP contribution in [0.3, 0.4) is 0 Å². The Labute approximate surface area is 135 Å². The van der Waals surface area contributed by atoms with Gasteiger partial charge in [0.1, 0.15) is 5.75 Å². The van der Waals surface area contributed by atoms with Crippen molar-refractivity contribution >= 4 is 12.0 Å². The number of amides is 2. The van der Waals surface area contributed by atoms with Crippen LogP contribution in [-0.2, 0) is 9.53 Å². The Morgan fingerprint density at radius 2 is 2.09 bits per heavy atom. The summed E-state index contributed by atoms with van der Waals surface area (Å²) in [7, 11) is 1.57. The van der Waals surface area contributed by atoms with Crippen molar-refractivity contribution in [3.8, 4) is 5.75 Å². The van der Waals surface area contributed by atoms with E-state index >= 15 is 0 Å². The van der Waals surface area contributed by atoms with Gasteiger partial charge in [-0.05, 0) is 30.5 Å². The molecule has 0 spiro atoms. The Morgan fingerprint density at radius 3 is 2.74 bits per heavy atom. The van der Waals surface area contributed by atoms with E-state index in [-0.39, 0.29) is 11.9 Å². The molecule has 0 radical (unpaired) electrons. The maximum Gasteiger partial charge on any atom is 0.338 e. The number of hydrogen-bond acceptors (Lipinski definition) is 4. The van der Waals surface area contributed by atoms with E-state index in [9.17, 15) is 9.59 Å². The van der Waals surface area contributed by atoms with Crippen molar-refractivity contribution < 1.29 is 19.1 Å². The molecule has 0 fully saturated rings. The van der Waals surface area contributed by atoms with Gasteiger partial charge >= 0.3 is 12.0 Å². The summed E-state index contributed by atoms with van der Waals surface area (Å²) in [6, 6.07) is 6.32. The number of methoxy groups -OCH3 is 1. The first-order valence-electron chi connectivity index (χ1n) is 7.51. The van der Waals surface area contributed by atoms with Crippen molar-refractivity contribution in [1.82, 2.24) is 10.6 Å². The van der Waals surface area contributed by atoms with Crippen LogP contribution in [0.15, 0.2) is 35.5 Å². The van der Waals surface area contributed by atoms with Crippen LogP contribution in [0.5, 0.6) is 5.75 Å². The Balaban J connectivity index is 2.35. The molecule has 1 unspecified atom stereocenters. The van der Waals surface area contributed by atoms with E-state index < -0.39 is 12.0 Å². The first-order valence-corrected chi connectivity index (χ1v) is 7.51. The first kappa shape index (κ1) is 16.9. The number of benzene rings is 1. The molecule has 0 saturated carbocycles. The van der Waals surface area contributed by atoms with Gasteiger partial charge in [-0.2, -0.15) is 0 Å². The molecule has 6 heteroatoms. The van der Waals surface area contributed by atoms with Gasteiger partial charge in [-0.1, -0.05) is 26.0 Å². The Bertz CT molecular complexity index is 637. The lowest BCUT2D eigenvalue weighted by molar-refractivity contribution is -0.140. The van der Waals surface area contributed by atoms with Crippen molar-refractivity contribution in [2.45, 2.75) is 26.8 Å². The quantitative estimate of drug-likeness (QED) is 0.818. The summed E-state index contributed by atoms with van der Waals surface area (Å²) in [5.41, 5.74) is 1.66. The smallest absolute Gasteiger partial charge is 0.338 e. The highest BCUT2D eigenvalue weighted by Gasteiger charge is 2.32. The van der Waals surface area contributed by atoms with Crippen LogP contribution >= 0.6 is 0 Å². The Kier molecular flexibility index (Phi) is 5.26. The van der Waals surface area contributed by atoms with Crippen LogP contribution in [-0.4, -0.2) is 25.7 Å². The second-order valence-electron chi connectivity index (χ2n) is 5.84. The number of rotatable bonds is 5. The summed E-state index contributed by atoms with van der Waals surface area (Å²) < 4.78 is 10.6. The zero-order valence-electron chi connectivity index (χ0n) is 13.8. The summed E-state index contributed by atoms with van der Waals surface area (Å²) in [5, 5.41) is 5.39. The van der Waals surface area contributed by atoms with Gasteiger partial charge < -0.3 is 20.1 Å². The number of nitrogens with one attached hydrogen (secondary N) is 2. The molecule has 1 aromatic carbocycles. The van der Waals surface area contributed by atoms with E-state index in [1.54, 1.807) is 26.2 Å². The molecule has 0 bridgehead atoms. The highest BCUT2D eigenvalue weighted by molar-refractivity contribution is 5.95. The average molecular weight is 318 g/mol. The third kappa shape index (κ3) is 4.03. The molecule has 6 nitrogen and oxygen atoms in total. The Morgan fingerprint density at radius 1 is 1.35 bits per heavy atom. The Hall–Kier alpha value is -2.50. The van der Waals surface area contributed by atoms with Gasteiger partial charge in [-0.3, -0.25) is 0 Å². The topological polar surface area (TPSA) is 76.7 Å². The molecule has 1 aromatic rings. The van der Waals surface area contributed by atoms with Crippen molar-refractivity contribution in [3.63, 3.8) is 0 Å². The second kappa shape index (κ2) is 7.17. The third-order valence-electron chi connectivity index (χ3n) is 3.46. The molecule has 1 aliphatic rings. The maximum atomic E-state index is 12.5. The van der Waals surface area contributed by atoms with Crippen LogP contribution < -0.4 is 15.4 Å². The molecule has 0 aromatic heterocycles. The number of ether oxygens (including phenoxy) is 2. The molecule has 0 aliphatic carbocycles. The van der Waals surface area contributed by atoms with Gasteiger partial charge in [-0.25, -0.2) is 9.59 Å². The van der Waals surface area contributed by atoms with Gasteiger partial charge in [0.05, 0.1) is 25.3 Å². The average Bonchev–Trinajstić information content (AvgIpc) is 2.52. The van der Waals surface area contributed by atoms with Gasteiger partial charge in [-0.15, -0.1) is 0 Å². The molecule has 1 heterocycles. The normalized spacial score (nSPS) is 17.6. The van der Waals surface area contributed by atoms with E-state index in [4.69, 9.17) is 9.47 Å². The van der Waals surface area contributed by atoms with Crippen molar-refractivity contribution in [1.29, 1.82) is 0 Å². The standard InChI is InChI=1S/C17H22N2O4/c1-10(2)9-23-16(20)14-11(3)18-17(21)19-15(14)12-6-5-7-13(8-12)22-4/h5-8,10,15H,9H2,1-4H3,(H2,18,19,21). The minimum atomic E-state index is -0.571. The number of hydrogen-bond donors (Lipinski definition) is 2. The fraction of sp³-hybridized carbons (Fsp3) is 0.412. The lowest BCUT2D eigenvalue weighted by atomic mass is 9.95. The molecule has 1 aliphatic heterocycles. The monoisotopic (exact) mass is 318 g/mol. The minimum Gasteiger partial charge on any atom is -0.497 e. The number of urea groups is 1. The second-order valence-corrected chi connectivity index (χ2v) is 5.84. The number of allylic oxidation sites excluding steroid dienone is 1. The van der Waals surface area contributed by atoms with Gasteiger partial charge in [0.2, 0.25) is 0 Å². The third-order valence-corrected chi connectivity index (χ3v) is 3.46. The van der Waals surface area contributed by atoms with Crippen LogP contribution in [0.1, 0.15) is 32.4 Å². The predicted octanol–water partition coefficient (Wildman–Crippen LogP) is 2.52. The van der Waals surface area contributed by atoms with Crippen LogP contribution in [0.25, 0.3) is 0 Å². The van der Waals surface area contributed by atoms with Gasteiger partial charge in [0, 0.05) is 5.70 Å². The number of esters is 1. The van der Waals surface area contributed by atoms with Crippen molar-refractivity contribution in [2.75, 3.05) is 13.7 Å². The van der Waals surface area contributed by atoms with E-state index in [0.717, 1.165) is 5.56 Å².